The van der Waals surface area contributed by atoms with Gasteiger partial charge in [-0.3, -0.25) is 4.79 Å². The lowest BCUT2D eigenvalue weighted by Crippen LogP contribution is -2.80. The number of piperidine rings is 1. The molecule has 1 saturated heterocycles. The smallest absolute Gasteiger partial charge is 0.174 e. The third-order valence-electron chi connectivity index (χ3n) is 7.87. The molecule has 3 aliphatic carbocycles. The standard InChI is InChI=1S/C20H23NO5/c22-13-3-4-15-17-12(13)9-16-20(24)6-5-14(23)18(26-15)19(17,20)7-8-21(16,25)10-11-1-2-11/h3-4,11,16,18,22,24H,1-2,5-10H2/t16?,18?,19-,20?,21-/m0/s1. The number of aromatic hydroxyl groups is 1. The number of quaternary nitrogens is 1. The van der Waals surface area contributed by atoms with Crippen LogP contribution in [0.25, 0.3) is 0 Å². The minimum absolute atomic E-state index is 0.00468. The predicted molar refractivity (Wildman–Crippen MR) is 91.6 cm³/mol. The van der Waals surface area contributed by atoms with Gasteiger partial charge >= 0.3 is 0 Å². The second kappa shape index (κ2) is 4.43. The highest BCUT2D eigenvalue weighted by Gasteiger charge is 2.76. The number of rotatable bonds is 2. The van der Waals surface area contributed by atoms with E-state index in [1.54, 1.807) is 12.1 Å². The zero-order valence-corrected chi connectivity index (χ0v) is 14.6. The van der Waals surface area contributed by atoms with E-state index < -0.39 is 27.8 Å². The van der Waals surface area contributed by atoms with Crippen LogP contribution >= 0.6 is 0 Å². The van der Waals surface area contributed by atoms with E-state index >= 15 is 0 Å². The summed E-state index contributed by atoms with van der Waals surface area (Å²) in [4.78, 5) is 12.7. The Morgan fingerprint density at radius 2 is 2.12 bits per heavy atom. The van der Waals surface area contributed by atoms with Crippen molar-refractivity contribution < 1.29 is 24.4 Å². The van der Waals surface area contributed by atoms with Crippen molar-refractivity contribution in [1.29, 1.82) is 0 Å². The number of ketones is 1. The zero-order chi connectivity index (χ0) is 17.9. The maximum Gasteiger partial charge on any atom is 0.174 e. The molecule has 26 heavy (non-hydrogen) atoms. The highest BCUT2D eigenvalue weighted by molar-refractivity contribution is 5.89. The number of aliphatic hydroxyl groups is 1. The van der Waals surface area contributed by atoms with Crippen molar-refractivity contribution in [2.24, 2.45) is 5.92 Å². The molecule has 6 rings (SSSR count). The van der Waals surface area contributed by atoms with Crippen LogP contribution in [0.5, 0.6) is 11.5 Å². The molecule has 0 radical (unpaired) electrons. The van der Waals surface area contributed by atoms with Gasteiger partial charge in [0, 0.05) is 36.3 Å². The van der Waals surface area contributed by atoms with Crippen molar-refractivity contribution in [2.75, 3.05) is 13.1 Å². The molecule has 6 nitrogen and oxygen atoms in total. The SMILES string of the molecule is O=C1CCC2(O)C3Cc4c(O)ccc5c4[C@@]2(CC[N@+]3([O-])CC2CC2)C1O5. The van der Waals surface area contributed by atoms with Gasteiger partial charge in [-0.05, 0) is 31.4 Å². The van der Waals surface area contributed by atoms with Crippen molar-refractivity contribution in [2.45, 2.75) is 61.7 Å². The summed E-state index contributed by atoms with van der Waals surface area (Å²) in [5.41, 5.74) is -0.605. The fourth-order valence-corrected chi connectivity index (χ4v) is 6.55. The molecule has 2 bridgehead atoms. The van der Waals surface area contributed by atoms with Crippen LogP contribution in [0.2, 0.25) is 0 Å². The number of hydroxylamine groups is 3. The maximum absolute atomic E-state index is 13.9. The molecule has 3 unspecified atom stereocenters. The fraction of sp³-hybridized carbons (Fsp3) is 0.650. The number of carbonyl (C=O) groups is 1. The normalized spacial score (nSPS) is 45.2. The minimum Gasteiger partial charge on any atom is -0.632 e. The van der Waals surface area contributed by atoms with Crippen LogP contribution in [0.3, 0.4) is 0 Å². The van der Waals surface area contributed by atoms with E-state index in [4.69, 9.17) is 4.74 Å². The van der Waals surface area contributed by atoms with Gasteiger partial charge in [-0.15, -0.1) is 0 Å². The first-order valence-electron chi connectivity index (χ1n) is 9.74. The van der Waals surface area contributed by atoms with E-state index in [-0.39, 0.29) is 18.0 Å². The first kappa shape index (κ1) is 15.4. The van der Waals surface area contributed by atoms with Crippen LogP contribution in [0, 0.1) is 11.1 Å². The van der Waals surface area contributed by atoms with E-state index in [1.807, 2.05) is 0 Å². The Morgan fingerprint density at radius 3 is 2.88 bits per heavy atom. The number of carbonyl (C=O) groups excluding carboxylic acids is 1. The van der Waals surface area contributed by atoms with E-state index in [0.717, 1.165) is 18.4 Å². The molecule has 1 aromatic rings. The lowest BCUT2D eigenvalue weighted by Gasteiger charge is -2.67. The van der Waals surface area contributed by atoms with E-state index in [2.05, 4.69) is 0 Å². The Morgan fingerprint density at radius 1 is 1.31 bits per heavy atom. The van der Waals surface area contributed by atoms with Crippen LogP contribution in [0.15, 0.2) is 12.1 Å². The molecule has 2 heterocycles. The number of ether oxygens (including phenoxy) is 1. The lowest BCUT2D eigenvalue weighted by atomic mass is 9.48. The summed E-state index contributed by atoms with van der Waals surface area (Å²) in [6.07, 6.45) is 2.82. The van der Waals surface area contributed by atoms with Gasteiger partial charge in [-0.1, -0.05) is 0 Å². The molecule has 0 amide bonds. The van der Waals surface area contributed by atoms with Crippen molar-refractivity contribution in [3.8, 4) is 11.5 Å². The van der Waals surface area contributed by atoms with Crippen LogP contribution in [-0.4, -0.2) is 51.5 Å². The molecular weight excluding hydrogens is 334 g/mol. The largest absolute Gasteiger partial charge is 0.632 e. The summed E-state index contributed by atoms with van der Waals surface area (Å²) in [6, 6.07) is 2.75. The Hall–Kier alpha value is -1.63. The number of hydrogen-bond acceptors (Lipinski definition) is 5. The molecule has 0 aromatic heterocycles. The number of phenols is 1. The molecule has 5 aliphatic rings. The summed E-state index contributed by atoms with van der Waals surface area (Å²) >= 11 is 0. The lowest BCUT2D eigenvalue weighted by molar-refractivity contribution is -0.924. The number of phenolic OH excluding ortho intramolecular Hbond substituents is 1. The van der Waals surface area contributed by atoms with Crippen LogP contribution < -0.4 is 4.74 Å². The van der Waals surface area contributed by atoms with Crippen molar-refractivity contribution >= 4 is 5.78 Å². The van der Waals surface area contributed by atoms with Crippen molar-refractivity contribution in [3.05, 3.63) is 28.5 Å². The van der Waals surface area contributed by atoms with Crippen LogP contribution in [0.4, 0.5) is 0 Å². The summed E-state index contributed by atoms with van der Waals surface area (Å²) in [6.45, 7) is 0.948. The van der Waals surface area contributed by atoms with Crippen molar-refractivity contribution in [1.82, 2.24) is 0 Å². The van der Waals surface area contributed by atoms with E-state index in [1.165, 1.54) is 0 Å². The molecule has 2 aliphatic heterocycles. The van der Waals surface area contributed by atoms with Gasteiger partial charge in [-0.2, -0.15) is 0 Å². The molecular formula is C20H23NO5. The molecule has 2 saturated carbocycles. The van der Waals surface area contributed by atoms with E-state index in [0.29, 0.717) is 49.6 Å². The molecule has 1 spiro atoms. The Kier molecular flexibility index (Phi) is 2.63. The average Bonchev–Trinajstić information content (AvgIpc) is 3.33. The van der Waals surface area contributed by atoms with Gasteiger partial charge < -0.3 is 24.8 Å². The summed E-state index contributed by atoms with van der Waals surface area (Å²) in [7, 11) is 0. The van der Waals surface area contributed by atoms with Crippen LogP contribution in [0.1, 0.15) is 43.2 Å². The minimum atomic E-state index is -1.24. The Bertz CT molecular complexity index is 851. The summed E-state index contributed by atoms with van der Waals surface area (Å²) in [5.74, 6) is 1.21. The zero-order valence-electron chi connectivity index (χ0n) is 14.6. The summed E-state index contributed by atoms with van der Waals surface area (Å²) < 4.78 is 5.65. The first-order chi connectivity index (χ1) is 12.4. The van der Waals surface area contributed by atoms with Crippen LogP contribution in [-0.2, 0) is 16.6 Å². The maximum atomic E-state index is 13.9. The highest BCUT2D eigenvalue weighted by Crippen LogP contribution is 2.65. The van der Waals surface area contributed by atoms with Gasteiger partial charge in [0.2, 0.25) is 0 Å². The van der Waals surface area contributed by atoms with Gasteiger partial charge in [-0.25, -0.2) is 0 Å². The number of hydrogen-bond donors (Lipinski definition) is 2. The average molecular weight is 357 g/mol. The van der Waals surface area contributed by atoms with Gasteiger partial charge in [0.05, 0.1) is 18.5 Å². The van der Waals surface area contributed by atoms with Gasteiger partial charge in [0.15, 0.2) is 11.9 Å². The number of nitrogens with zero attached hydrogens (tertiary/aromatic N) is 1. The monoisotopic (exact) mass is 357 g/mol. The number of benzene rings is 1. The quantitative estimate of drug-likeness (QED) is 0.619. The number of Topliss-reactive ketones (excluding diaryl/α,β-unsaturated/α-hetero) is 1. The highest BCUT2D eigenvalue weighted by atomic mass is 16.6. The summed E-state index contributed by atoms with van der Waals surface area (Å²) in [5, 5.41) is 36.4. The molecule has 5 atom stereocenters. The van der Waals surface area contributed by atoms with Gasteiger partial charge in [0.1, 0.15) is 23.1 Å². The topological polar surface area (TPSA) is 89.8 Å². The van der Waals surface area contributed by atoms with Gasteiger partial charge in [0.25, 0.3) is 0 Å². The molecule has 2 N–H and O–H groups in total. The fourth-order valence-electron chi connectivity index (χ4n) is 6.55. The third kappa shape index (κ3) is 1.54. The molecule has 6 heteroatoms. The van der Waals surface area contributed by atoms with E-state index in [9.17, 15) is 20.2 Å². The Labute approximate surface area is 151 Å². The second-order valence-corrected chi connectivity index (χ2v) is 9.07. The first-order valence-corrected chi connectivity index (χ1v) is 9.74. The molecule has 1 aromatic carbocycles. The molecule has 3 fully saturated rings. The second-order valence-electron chi connectivity index (χ2n) is 9.07. The molecule has 138 valence electrons. The number of likely N-dealkylation sites (tertiary alicyclic amines) is 1. The third-order valence-corrected chi connectivity index (χ3v) is 7.87. The van der Waals surface area contributed by atoms with Crippen molar-refractivity contribution in [3.63, 3.8) is 0 Å². The predicted octanol–water partition coefficient (Wildman–Crippen LogP) is 1.54. The Balaban J connectivity index is 1.61.